The highest BCUT2D eigenvalue weighted by molar-refractivity contribution is 6.01. The van der Waals surface area contributed by atoms with Crippen LogP contribution in [0.25, 0.3) is 10.9 Å². The highest BCUT2D eigenvalue weighted by Gasteiger charge is 2.19. The molecule has 152 valence electrons. The highest BCUT2D eigenvalue weighted by atomic mass is 16.5. The van der Waals surface area contributed by atoms with Crippen LogP contribution in [0.4, 0.5) is 0 Å². The predicted molar refractivity (Wildman–Crippen MR) is 111 cm³/mol. The smallest absolute Gasteiger partial charge is 0.287 e. The second-order valence-corrected chi connectivity index (χ2v) is 5.99. The maximum Gasteiger partial charge on any atom is 0.287 e. The van der Waals surface area contributed by atoms with Crippen LogP contribution >= 0.6 is 0 Å². The van der Waals surface area contributed by atoms with Crippen LogP contribution in [0.15, 0.2) is 41.5 Å². The van der Waals surface area contributed by atoms with Crippen molar-refractivity contribution in [3.05, 3.63) is 47.7 Å². The van der Waals surface area contributed by atoms with E-state index in [-0.39, 0.29) is 5.91 Å². The Hall–Kier alpha value is -3.68. The number of rotatable bonds is 8. The van der Waals surface area contributed by atoms with Gasteiger partial charge in [0.1, 0.15) is 11.4 Å². The zero-order valence-electron chi connectivity index (χ0n) is 16.7. The number of amides is 1. The summed E-state index contributed by atoms with van der Waals surface area (Å²) in [6, 6.07) is 10.8. The number of H-pyrrole nitrogens is 1. The van der Waals surface area contributed by atoms with Crippen molar-refractivity contribution in [1.82, 2.24) is 10.4 Å². The van der Waals surface area contributed by atoms with Crippen molar-refractivity contribution in [2.24, 2.45) is 5.10 Å². The van der Waals surface area contributed by atoms with Crippen LogP contribution in [0.5, 0.6) is 23.0 Å². The number of benzene rings is 2. The van der Waals surface area contributed by atoms with Crippen LogP contribution in [-0.4, -0.2) is 45.0 Å². The molecule has 0 aliphatic heterocycles. The first kappa shape index (κ1) is 20.1. The minimum absolute atomic E-state index is 0.331. The van der Waals surface area contributed by atoms with Gasteiger partial charge >= 0.3 is 0 Å². The van der Waals surface area contributed by atoms with Crippen LogP contribution in [0.1, 0.15) is 23.0 Å². The zero-order valence-corrected chi connectivity index (χ0v) is 16.7. The van der Waals surface area contributed by atoms with Crippen molar-refractivity contribution >= 4 is 23.0 Å². The molecular formula is C21H23N3O5. The minimum Gasteiger partial charge on any atom is -0.494 e. The Morgan fingerprint density at radius 2 is 1.79 bits per heavy atom. The number of aromatic amines is 1. The summed E-state index contributed by atoms with van der Waals surface area (Å²) < 4.78 is 21.6. The Bertz CT molecular complexity index is 1020. The Labute approximate surface area is 168 Å². The molecule has 0 unspecified atom stereocenters. The number of ether oxygens (including phenoxy) is 4. The fourth-order valence-corrected chi connectivity index (χ4v) is 2.92. The molecule has 0 saturated heterocycles. The standard InChI is InChI=1S/C21H23N3O5/c1-5-29-14-8-6-13(7-9-14)12-22-24-21(25)17-10-15-16(23-17)11-18(26-2)20(28-4)19(15)27-3/h6-12,23H,5H2,1-4H3,(H,24,25). The summed E-state index contributed by atoms with van der Waals surface area (Å²) >= 11 is 0. The van der Waals surface area contributed by atoms with E-state index in [4.69, 9.17) is 18.9 Å². The van der Waals surface area contributed by atoms with Crippen molar-refractivity contribution in [3.63, 3.8) is 0 Å². The molecular weight excluding hydrogens is 374 g/mol. The van der Waals surface area contributed by atoms with E-state index in [0.29, 0.717) is 40.5 Å². The summed E-state index contributed by atoms with van der Waals surface area (Å²) in [4.78, 5) is 15.5. The molecule has 0 atom stereocenters. The third-order valence-corrected chi connectivity index (χ3v) is 4.24. The Morgan fingerprint density at radius 3 is 2.41 bits per heavy atom. The summed E-state index contributed by atoms with van der Waals surface area (Å²) in [5, 5.41) is 4.71. The quantitative estimate of drug-likeness (QED) is 0.449. The molecule has 8 heteroatoms. The first-order chi connectivity index (χ1) is 14.1. The number of nitrogens with zero attached hydrogens (tertiary/aromatic N) is 1. The van der Waals surface area contributed by atoms with Crippen molar-refractivity contribution < 1.29 is 23.7 Å². The maximum absolute atomic E-state index is 12.5. The van der Waals surface area contributed by atoms with Gasteiger partial charge in [-0.2, -0.15) is 5.10 Å². The van der Waals surface area contributed by atoms with Crippen LogP contribution in [0.2, 0.25) is 0 Å². The van der Waals surface area contributed by atoms with E-state index in [9.17, 15) is 4.79 Å². The van der Waals surface area contributed by atoms with Crippen LogP contribution in [-0.2, 0) is 0 Å². The van der Waals surface area contributed by atoms with Gasteiger partial charge in [-0.05, 0) is 42.8 Å². The number of nitrogens with one attached hydrogen (secondary N) is 2. The number of fused-ring (bicyclic) bond motifs is 1. The third kappa shape index (κ3) is 4.26. The van der Waals surface area contributed by atoms with Crippen molar-refractivity contribution in [1.29, 1.82) is 0 Å². The number of hydrazone groups is 1. The molecule has 3 rings (SSSR count). The lowest BCUT2D eigenvalue weighted by molar-refractivity contribution is 0.0951. The predicted octanol–water partition coefficient (Wildman–Crippen LogP) is 3.36. The largest absolute Gasteiger partial charge is 0.494 e. The van der Waals surface area contributed by atoms with Gasteiger partial charge < -0.3 is 23.9 Å². The molecule has 2 aromatic carbocycles. The molecule has 1 aromatic heterocycles. The number of methoxy groups -OCH3 is 3. The van der Waals surface area contributed by atoms with Crippen molar-refractivity contribution in [3.8, 4) is 23.0 Å². The van der Waals surface area contributed by atoms with Gasteiger partial charge in [-0.15, -0.1) is 0 Å². The van der Waals surface area contributed by atoms with Crippen LogP contribution < -0.4 is 24.4 Å². The molecule has 1 heterocycles. The van der Waals surface area contributed by atoms with Gasteiger partial charge in [0.25, 0.3) is 5.91 Å². The monoisotopic (exact) mass is 397 g/mol. The molecule has 0 radical (unpaired) electrons. The first-order valence-electron chi connectivity index (χ1n) is 8.99. The Balaban J connectivity index is 1.78. The average molecular weight is 397 g/mol. The summed E-state index contributed by atoms with van der Waals surface area (Å²) in [6.07, 6.45) is 1.56. The zero-order chi connectivity index (χ0) is 20.8. The van der Waals surface area contributed by atoms with E-state index in [1.807, 2.05) is 31.2 Å². The molecule has 0 fully saturated rings. The second kappa shape index (κ2) is 9.01. The molecule has 29 heavy (non-hydrogen) atoms. The molecule has 8 nitrogen and oxygen atoms in total. The summed E-state index contributed by atoms with van der Waals surface area (Å²) in [7, 11) is 4.60. The summed E-state index contributed by atoms with van der Waals surface area (Å²) in [5.74, 6) is 1.84. The second-order valence-electron chi connectivity index (χ2n) is 5.99. The number of aromatic nitrogens is 1. The van der Waals surface area contributed by atoms with E-state index in [1.54, 1.807) is 18.3 Å². The molecule has 0 bridgehead atoms. The molecule has 3 aromatic rings. The van der Waals surface area contributed by atoms with Crippen molar-refractivity contribution in [2.45, 2.75) is 6.92 Å². The lowest BCUT2D eigenvalue weighted by atomic mass is 10.2. The van der Waals surface area contributed by atoms with Crippen LogP contribution in [0.3, 0.4) is 0 Å². The van der Waals surface area contributed by atoms with E-state index < -0.39 is 0 Å². The Kier molecular flexibility index (Phi) is 6.23. The molecule has 0 aliphatic carbocycles. The topological polar surface area (TPSA) is 94.2 Å². The first-order valence-corrected chi connectivity index (χ1v) is 8.99. The maximum atomic E-state index is 12.5. The van der Waals surface area contributed by atoms with E-state index in [2.05, 4.69) is 15.5 Å². The molecule has 0 saturated carbocycles. The Morgan fingerprint density at radius 1 is 1.07 bits per heavy atom. The van der Waals surface area contributed by atoms with Gasteiger partial charge in [0.05, 0.1) is 39.7 Å². The van der Waals surface area contributed by atoms with E-state index >= 15 is 0 Å². The number of carbonyl (C=O) groups excluding carboxylic acids is 1. The lowest BCUT2D eigenvalue weighted by Gasteiger charge is -2.12. The van der Waals surface area contributed by atoms with Gasteiger partial charge in [0.2, 0.25) is 5.75 Å². The summed E-state index contributed by atoms with van der Waals surface area (Å²) in [6.45, 7) is 2.53. The number of hydrogen-bond donors (Lipinski definition) is 2. The minimum atomic E-state index is -0.386. The molecule has 1 amide bonds. The molecule has 0 aliphatic rings. The van der Waals surface area contributed by atoms with Gasteiger partial charge in [-0.3, -0.25) is 4.79 Å². The normalized spacial score (nSPS) is 10.9. The average Bonchev–Trinajstić information content (AvgIpc) is 3.17. The molecule has 0 spiro atoms. The fraction of sp³-hybridized carbons (Fsp3) is 0.238. The van der Waals surface area contributed by atoms with Crippen LogP contribution in [0, 0.1) is 0 Å². The van der Waals surface area contributed by atoms with Gasteiger partial charge in [-0.1, -0.05) is 0 Å². The third-order valence-electron chi connectivity index (χ3n) is 4.24. The van der Waals surface area contributed by atoms with E-state index in [0.717, 1.165) is 11.3 Å². The van der Waals surface area contributed by atoms with Crippen molar-refractivity contribution in [2.75, 3.05) is 27.9 Å². The molecule has 2 N–H and O–H groups in total. The highest BCUT2D eigenvalue weighted by Crippen LogP contribution is 2.43. The number of hydrogen-bond acceptors (Lipinski definition) is 6. The van der Waals surface area contributed by atoms with Gasteiger partial charge in [0.15, 0.2) is 11.5 Å². The number of carbonyl (C=O) groups is 1. The van der Waals surface area contributed by atoms with E-state index in [1.165, 1.54) is 21.3 Å². The van der Waals surface area contributed by atoms with Gasteiger partial charge in [-0.25, -0.2) is 5.43 Å². The SMILES string of the molecule is CCOc1ccc(C=NNC(=O)c2cc3c(OC)c(OC)c(OC)cc3[nH]2)cc1. The van der Waals surface area contributed by atoms with Gasteiger partial charge in [0, 0.05) is 11.5 Å². The fourth-order valence-electron chi connectivity index (χ4n) is 2.92. The summed E-state index contributed by atoms with van der Waals surface area (Å²) in [5.41, 5.74) is 4.35. The lowest BCUT2D eigenvalue weighted by Crippen LogP contribution is -2.17.